The quantitative estimate of drug-likeness (QED) is 0.837. The first kappa shape index (κ1) is 12.4. The third-order valence-electron chi connectivity index (χ3n) is 2.16. The Hall–Kier alpha value is -0.640. The maximum Gasteiger partial charge on any atom is 0.129 e. The van der Waals surface area contributed by atoms with Gasteiger partial charge in [-0.15, -0.1) is 0 Å². The van der Waals surface area contributed by atoms with Crippen LogP contribution in [0.2, 0.25) is 0 Å². The summed E-state index contributed by atoms with van der Waals surface area (Å²) in [6.07, 6.45) is 3.64. The predicted octanol–water partition coefficient (Wildman–Crippen LogP) is 3.01. The van der Waals surface area contributed by atoms with Crippen molar-refractivity contribution in [3.8, 4) is 0 Å². The molecular formula is C11H18BrN3. The van der Waals surface area contributed by atoms with Gasteiger partial charge in [-0.25, -0.2) is 9.97 Å². The highest BCUT2D eigenvalue weighted by atomic mass is 79.9. The van der Waals surface area contributed by atoms with Crippen molar-refractivity contribution in [2.75, 3.05) is 5.32 Å². The summed E-state index contributed by atoms with van der Waals surface area (Å²) in [5, 5.41) is 3.37. The fourth-order valence-electron chi connectivity index (χ4n) is 1.47. The first-order chi connectivity index (χ1) is 7.11. The van der Waals surface area contributed by atoms with E-state index in [1.165, 1.54) is 0 Å². The third kappa shape index (κ3) is 4.60. The number of aryl methyl sites for hydroxylation is 1. The fourth-order valence-corrected chi connectivity index (χ4v) is 2.03. The van der Waals surface area contributed by atoms with Gasteiger partial charge in [0, 0.05) is 22.6 Å². The van der Waals surface area contributed by atoms with Crippen LogP contribution in [0.4, 0.5) is 5.82 Å². The molecule has 0 aliphatic carbocycles. The summed E-state index contributed by atoms with van der Waals surface area (Å²) >= 11 is 3.54. The lowest BCUT2D eigenvalue weighted by Crippen LogP contribution is -2.19. The standard InChI is InChI=1S/C11H18BrN3/c1-4-10-6-11(14-7-13-10)15-9(3)5-8(2)12/h6-9H,4-5H2,1-3H3,(H,13,14,15). The smallest absolute Gasteiger partial charge is 0.129 e. The molecule has 15 heavy (non-hydrogen) atoms. The van der Waals surface area contributed by atoms with Crippen molar-refractivity contribution in [1.29, 1.82) is 0 Å². The Kier molecular flexibility index (Phi) is 5.02. The van der Waals surface area contributed by atoms with Gasteiger partial charge in [0.25, 0.3) is 0 Å². The molecule has 1 aromatic heterocycles. The number of nitrogens with one attached hydrogen (secondary N) is 1. The molecule has 4 heteroatoms. The van der Waals surface area contributed by atoms with Crippen LogP contribution in [0.1, 0.15) is 32.9 Å². The minimum atomic E-state index is 0.416. The Bertz CT molecular complexity index is 302. The zero-order chi connectivity index (χ0) is 11.3. The van der Waals surface area contributed by atoms with Gasteiger partial charge in [0.05, 0.1) is 0 Å². The summed E-state index contributed by atoms with van der Waals surface area (Å²) < 4.78 is 0. The Morgan fingerprint density at radius 3 is 2.73 bits per heavy atom. The van der Waals surface area contributed by atoms with E-state index in [0.29, 0.717) is 10.9 Å². The van der Waals surface area contributed by atoms with E-state index in [4.69, 9.17) is 0 Å². The van der Waals surface area contributed by atoms with Crippen molar-refractivity contribution in [3.05, 3.63) is 18.1 Å². The SMILES string of the molecule is CCc1cc(NC(C)CC(C)Br)ncn1. The summed E-state index contributed by atoms with van der Waals surface area (Å²) in [5.74, 6) is 0.919. The summed E-state index contributed by atoms with van der Waals surface area (Å²) in [6.45, 7) is 6.40. The van der Waals surface area contributed by atoms with Crippen LogP contribution in [0.5, 0.6) is 0 Å². The van der Waals surface area contributed by atoms with Crippen LogP contribution in [0.15, 0.2) is 12.4 Å². The van der Waals surface area contributed by atoms with Gasteiger partial charge in [-0.05, 0) is 19.8 Å². The van der Waals surface area contributed by atoms with Crippen molar-refractivity contribution in [1.82, 2.24) is 9.97 Å². The van der Waals surface area contributed by atoms with Gasteiger partial charge in [-0.3, -0.25) is 0 Å². The van der Waals surface area contributed by atoms with Crippen LogP contribution in [0.25, 0.3) is 0 Å². The Morgan fingerprint density at radius 1 is 1.40 bits per heavy atom. The summed E-state index contributed by atoms with van der Waals surface area (Å²) in [7, 11) is 0. The zero-order valence-corrected chi connectivity index (χ0v) is 11.1. The van der Waals surface area contributed by atoms with Crippen molar-refractivity contribution in [2.45, 2.75) is 44.5 Å². The Labute approximate surface area is 99.8 Å². The monoisotopic (exact) mass is 271 g/mol. The first-order valence-electron chi connectivity index (χ1n) is 5.33. The largest absolute Gasteiger partial charge is 0.367 e. The molecule has 2 atom stereocenters. The summed E-state index contributed by atoms with van der Waals surface area (Å²) in [4.78, 5) is 8.88. The molecule has 0 aromatic carbocycles. The first-order valence-corrected chi connectivity index (χ1v) is 6.25. The fraction of sp³-hybridized carbons (Fsp3) is 0.636. The van der Waals surface area contributed by atoms with Crippen LogP contribution >= 0.6 is 15.9 Å². The third-order valence-corrected chi connectivity index (χ3v) is 2.53. The normalized spacial score (nSPS) is 14.7. The molecule has 0 amide bonds. The maximum atomic E-state index is 4.20. The van der Waals surface area contributed by atoms with E-state index in [1.54, 1.807) is 6.33 Å². The van der Waals surface area contributed by atoms with Gasteiger partial charge in [-0.2, -0.15) is 0 Å². The van der Waals surface area contributed by atoms with Crippen molar-refractivity contribution < 1.29 is 0 Å². The number of hydrogen-bond acceptors (Lipinski definition) is 3. The number of rotatable bonds is 5. The Balaban J connectivity index is 2.55. The summed E-state index contributed by atoms with van der Waals surface area (Å²) in [6, 6.07) is 2.43. The van der Waals surface area contributed by atoms with Crippen molar-refractivity contribution in [2.24, 2.45) is 0 Å². The second kappa shape index (κ2) is 6.05. The molecule has 0 saturated heterocycles. The molecule has 0 bridgehead atoms. The molecule has 0 aliphatic rings. The minimum Gasteiger partial charge on any atom is -0.367 e. The number of anilines is 1. The van der Waals surface area contributed by atoms with E-state index < -0.39 is 0 Å². The van der Waals surface area contributed by atoms with Crippen LogP contribution in [0.3, 0.4) is 0 Å². The van der Waals surface area contributed by atoms with E-state index in [1.807, 2.05) is 6.07 Å². The molecular weight excluding hydrogens is 254 g/mol. The van der Waals surface area contributed by atoms with E-state index in [0.717, 1.165) is 24.4 Å². The van der Waals surface area contributed by atoms with Crippen LogP contribution in [-0.2, 0) is 6.42 Å². The van der Waals surface area contributed by atoms with Crippen molar-refractivity contribution >= 4 is 21.7 Å². The molecule has 3 nitrogen and oxygen atoms in total. The number of alkyl halides is 1. The van der Waals surface area contributed by atoms with Gasteiger partial charge in [0.2, 0.25) is 0 Å². The number of aromatic nitrogens is 2. The number of hydrogen-bond donors (Lipinski definition) is 1. The molecule has 1 N–H and O–H groups in total. The molecule has 1 heterocycles. The topological polar surface area (TPSA) is 37.8 Å². The van der Waals surface area contributed by atoms with Gasteiger partial charge in [0.1, 0.15) is 12.1 Å². The lowest BCUT2D eigenvalue weighted by Gasteiger charge is -2.15. The molecule has 0 saturated carbocycles. The highest BCUT2D eigenvalue weighted by Crippen LogP contribution is 2.12. The van der Waals surface area contributed by atoms with Gasteiger partial charge in [0.15, 0.2) is 0 Å². The Morgan fingerprint density at radius 2 is 2.13 bits per heavy atom. The second-order valence-electron chi connectivity index (χ2n) is 3.81. The van der Waals surface area contributed by atoms with E-state index in [2.05, 4.69) is 52.0 Å². The van der Waals surface area contributed by atoms with Gasteiger partial charge >= 0.3 is 0 Å². The lowest BCUT2D eigenvalue weighted by atomic mass is 10.2. The highest BCUT2D eigenvalue weighted by Gasteiger charge is 2.06. The van der Waals surface area contributed by atoms with Crippen LogP contribution in [-0.4, -0.2) is 20.8 Å². The van der Waals surface area contributed by atoms with E-state index in [-0.39, 0.29) is 0 Å². The molecule has 0 fully saturated rings. The average Bonchev–Trinajstić information content (AvgIpc) is 2.16. The molecule has 0 spiro atoms. The molecule has 1 rings (SSSR count). The van der Waals surface area contributed by atoms with E-state index in [9.17, 15) is 0 Å². The van der Waals surface area contributed by atoms with Crippen LogP contribution in [0, 0.1) is 0 Å². The second-order valence-corrected chi connectivity index (χ2v) is 5.37. The summed E-state index contributed by atoms with van der Waals surface area (Å²) in [5.41, 5.74) is 1.08. The minimum absolute atomic E-state index is 0.416. The zero-order valence-electron chi connectivity index (χ0n) is 9.50. The van der Waals surface area contributed by atoms with Gasteiger partial charge < -0.3 is 5.32 Å². The molecule has 2 unspecified atom stereocenters. The predicted molar refractivity (Wildman–Crippen MR) is 67.5 cm³/mol. The highest BCUT2D eigenvalue weighted by molar-refractivity contribution is 9.09. The molecule has 0 aliphatic heterocycles. The lowest BCUT2D eigenvalue weighted by molar-refractivity contribution is 0.704. The average molecular weight is 272 g/mol. The maximum absolute atomic E-state index is 4.20. The molecule has 84 valence electrons. The molecule has 1 aromatic rings. The van der Waals surface area contributed by atoms with Gasteiger partial charge in [-0.1, -0.05) is 29.8 Å². The number of nitrogens with zero attached hydrogens (tertiary/aromatic N) is 2. The molecule has 0 radical (unpaired) electrons. The number of halogens is 1. The van der Waals surface area contributed by atoms with E-state index >= 15 is 0 Å². The van der Waals surface area contributed by atoms with Crippen molar-refractivity contribution in [3.63, 3.8) is 0 Å². The van der Waals surface area contributed by atoms with Crippen LogP contribution < -0.4 is 5.32 Å².